The van der Waals surface area contributed by atoms with Crippen LogP contribution in [0.1, 0.15) is 25.2 Å². The predicted octanol–water partition coefficient (Wildman–Crippen LogP) is 2.83. The van der Waals surface area contributed by atoms with E-state index in [0.29, 0.717) is 11.6 Å². The van der Waals surface area contributed by atoms with Gasteiger partial charge in [-0.3, -0.25) is 0 Å². The van der Waals surface area contributed by atoms with E-state index in [2.05, 4.69) is 15.3 Å². The molecular formula is C13H17N3O2S. The third kappa shape index (κ3) is 2.68. The number of hydrogen-bond acceptors (Lipinski definition) is 5. The maximum Gasteiger partial charge on any atom is 0.326 e. The lowest BCUT2D eigenvalue weighted by molar-refractivity contribution is -0.138. The number of carboxylic acids is 1. The van der Waals surface area contributed by atoms with E-state index in [-0.39, 0.29) is 5.92 Å². The number of aromatic nitrogens is 2. The molecule has 2 heterocycles. The zero-order valence-electron chi connectivity index (χ0n) is 11.4. The first kappa shape index (κ1) is 13.7. The van der Waals surface area contributed by atoms with Gasteiger partial charge in [0.2, 0.25) is 0 Å². The molecule has 0 aliphatic carbocycles. The monoisotopic (exact) mass is 279 g/mol. The first-order valence-corrected chi connectivity index (χ1v) is 7.00. The first-order valence-electron chi connectivity index (χ1n) is 6.12. The van der Waals surface area contributed by atoms with Crippen LogP contribution in [0.3, 0.4) is 0 Å². The number of fused-ring (bicyclic) bond motifs is 1. The second-order valence-electron chi connectivity index (χ2n) is 4.92. The van der Waals surface area contributed by atoms with E-state index in [0.717, 1.165) is 15.8 Å². The van der Waals surface area contributed by atoms with Crippen LogP contribution in [0, 0.1) is 19.8 Å². The highest BCUT2D eigenvalue weighted by Gasteiger charge is 2.23. The average molecular weight is 279 g/mol. The van der Waals surface area contributed by atoms with Crippen LogP contribution in [0.4, 0.5) is 5.82 Å². The summed E-state index contributed by atoms with van der Waals surface area (Å²) in [6.07, 6.45) is 0. The summed E-state index contributed by atoms with van der Waals surface area (Å²) < 4.78 is 0. The van der Waals surface area contributed by atoms with Crippen molar-refractivity contribution in [3.05, 3.63) is 16.8 Å². The van der Waals surface area contributed by atoms with Crippen molar-refractivity contribution in [1.29, 1.82) is 0 Å². The largest absolute Gasteiger partial charge is 0.480 e. The molecule has 0 radical (unpaired) electrons. The Kier molecular flexibility index (Phi) is 3.71. The van der Waals surface area contributed by atoms with E-state index in [1.807, 2.05) is 33.1 Å². The van der Waals surface area contributed by atoms with Crippen molar-refractivity contribution in [2.24, 2.45) is 5.92 Å². The van der Waals surface area contributed by atoms with Crippen molar-refractivity contribution in [3.63, 3.8) is 0 Å². The van der Waals surface area contributed by atoms with Gasteiger partial charge in [0, 0.05) is 0 Å². The lowest BCUT2D eigenvalue weighted by Crippen LogP contribution is -2.34. The Bertz CT molecular complexity index is 622. The molecule has 2 aromatic heterocycles. The molecule has 5 nitrogen and oxygen atoms in total. The van der Waals surface area contributed by atoms with Crippen LogP contribution in [0.2, 0.25) is 0 Å². The summed E-state index contributed by atoms with van der Waals surface area (Å²) in [6.45, 7) is 7.54. The first-order chi connectivity index (χ1) is 8.90. The average Bonchev–Trinajstić information content (AvgIpc) is 2.66. The van der Waals surface area contributed by atoms with Crippen LogP contribution in [-0.4, -0.2) is 27.1 Å². The normalized spacial score (nSPS) is 12.9. The number of carboxylic acid groups (broad SMARTS) is 1. The van der Waals surface area contributed by atoms with Crippen LogP contribution in [-0.2, 0) is 4.79 Å². The van der Waals surface area contributed by atoms with Gasteiger partial charge in [-0.1, -0.05) is 13.8 Å². The van der Waals surface area contributed by atoms with Crippen LogP contribution >= 0.6 is 11.3 Å². The summed E-state index contributed by atoms with van der Waals surface area (Å²) in [6, 6.07) is -0.656. The Morgan fingerprint density at radius 1 is 1.37 bits per heavy atom. The number of nitrogens with one attached hydrogen (secondary N) is 1. The van der Waals surface area contributed by atoms with Gasteiger partial charge in [0.25, 0.3) is 0 Å². The molecule has 2 aromatic rings. The predicted molar refractivity (Wildman–Crippen MR) is 76.8 cm³/mol. The number of rotatable bonds is 4. The maximum atomic E-state index is 11.3. The third-order valence-electron chi connectivity index (χ3n) is 2.95. The lowest BCUT2D eigenvalue weighted by Gasteiger charge is -2.19. The van der Waals surface area contributed by atoms with Crippen molar-refractivity contribution in [3.8, 4) is 0 Å². The Hall–Kier alpha value is -1.69. The van der Waals surface area contributed by atoms with E-state index in [1.54, 1.807) is 11.3 Å². The zero-order valence-corrected chi connectivity index (χ0v) is 12.2. The quantitative estimate of drug-likeness (QED) is 0.900. The molecule has 0 fully saturated rings. The molecule has 6 heteroatoms. The van der Waals surface area contributed by atoms with Gasteiger partial charge in [0.1, 0.15) is 22.5 Å². The summed E-state index contributed by atoms with van der Waals surface area (Å²) >= 11 is 1.55. The Morgan fingerprint density at radius 2 is 2.05 bits per heavy atom. The van der Waals surface area contributed by atoms with E-state index in [9.17, 15) is 9.90 Å². The molecule has 0 amide bonds. The van der Waals surface area contributed by atoms with Crippen molar-refractivity contribution in [1.82, 2.24) is 9.97 Å². The van der Waals surface area contributed by atoms with Crippen LogP contribution in [0.25, 0.3) is 10.2 Å². The van der Waals surface area contributed by atoms with Crippen LogP contribution in [0.5, 0.6) is 0 Å². The molecule has 0 spiro atoms. The highest BCUT2D eigenvalue weighted by atomic mass is 32.1. The standard InChI is InChI=1S/C13H17N3O2S/c1-6(2)10(13(17)18)16-11-9-7(3)5-19-12(9)15-8(4)14-11/h5-6,10H,1-4H3,(H,17,18)(H,14,15,16)/t10-/m1/s1. The molecule has 2 N–H and O–H groups in total. The molecule has 19 heavy (non-hydrogen) atoms. The smallest absolute Gasteiger partial charge is 0.326 e. The summed E-state index contributed by atoms with van der Waals surface area (Å²) in [5.74, 6) is 0.362. The maximum absolute atomic E-state index is 11.3. The molecule has 0 aliphatic rings. The van der Waals surface area contributed by atoms with Crippen LogP contribution in [0.15, 0.2) is 5.38 Å². The molecule has 102 valence electrons. The number of anilines is 1. The number of nitrogens with zero attached hydrogens (tertiary/aromatic N) is 2. The molecule has 0 saturated heterocycles. The van der Waals surface area contributed by atoms with E-state index >= 15 is 0 Å². The molecular weight excluding hydrogens is 262 g/mol. The second-order valence-corrected chi connectivity index (χ2v) is 5.78. The molecule has 0 unspecified atom stereocenters. The fraction of sp³-hybridized carbons (Fsp3) is 0.462. The topological polar surface area (TPSA) is 75.1 Å². The van der Waals surface area contributed by atoms with Gasteiger partial charge < -0.3 is 10.4 Å². The molecule has 0 bridgehead atoms. The van der Waals surface area contributed by atoms with E-state index in [4.69, 9.17) is 0 Å². The highest BCUT2D eigenvalue weighted by molar-refractivity contribution is 7.17. The zero-order chi connectivity index (χ0) is 14.2. The summed E-state index contributed by atoms with van der Waals surface area (Å²) in [7, 11) is 0. The summed E-state index contributed by atoms with van der Waals surface area (Å²) in [4.78, 5) is 20.9. The van der Waals surface area contributed by atoms with Gasteiger partial charge in [0.15, 0.2) is 0 Å². The van der Waals surface area contributed by atoms with Gasteiger partial charge in [-0.2, -0.15) is 0 Å². The Morgan fingerprint density at radius 3 is 2.63 bits per heavy atom. The van der Waals surface area contributed by atoms with Gasteiger partial charge in [0.05, 0.1) is 5.39 Å². The fourth-order valence-corrected chi connectivity index (χ4v) is 2.92. The fourth-order valence-electron chi connectivity index (χ4n) is 1.96. The van der Waals surface area contributed by atoms with Gasteiger partial charge in [-0.05, 0) is 30.7 Å². The third-order valence-corrected chi connectivity index (χ3v) is 3.94. The lowest BCUT2D eigenvalue weighted by atomic mass is 10.0. The second kappa shape index (κ2) is 5.13. The van der Waals surface area contributed by atoms with Gasteiger partial charge >= 0.3 is 5.97 Å². The minimum Gasteiger partial charge on any atom is -0.480 e. The number of hydrogen-bond donors (Lipinski definition) is 2. The minimum absolute atomic E-state index is 0.0261. The van der Waals surface area contributed by atoms with Crippen molar-refractivity contribution >= 4 is 33.3 Å². The van der Waals surface area contributed by atoms with Crippen LogP contribution < -0.4 is 5.32 Å². The van der Waals surface area contributed by atoms with E-state index < -0.39 is 12.0 Å². The molecule has 0 aromatic carbocycles. The van der Waals surface area contributed by atoms with E-state index in [1.165, 1.54) is 0 Å². The van der Waals surface area contributed by atoms with Crippen molar-refractivity contribution in [2.75, 3.05) is 5.32 Å². The summed E-state index contributed by atoms with van der Waals surface area (Å²) in [5, 5.41) is 15.2. The Balaban J connectivity index is 2.49. The van der Waals surface area contributed by atoms with Gasteiger partial charge in [-0.15, -0.1) is 11.3 Å². The molecule has 0 saturated carbocycles. The SMILES string of the molecule is Cc1nc(N[C@@H](C(=O)O)C(C)C)c2c(C)csc2n1. The highest BCUT2D eigenvalue weighted by Crippen LogP contribution is 2.30. The number of thiophene rings is 1. The van der Waals surface area contributed by atoms with Crippen molar-refractivity contribution in [2.45, 2.75) is 33.7 Å². The molecule has 1 atom stereocenters. The number of aliphatic carboxylic acids is 1. The summed E-state index contributed by atoms with van der Waals surface area (Å²) in [5.41, 5.74) is 1.07. The minimum atomic E-state index is -0.868. The molecule has 0 aliphatic heterocycles. The van der Waals surface area contributed by atoms with Crippen molar-refractivity contribution < 1.29 is 9.90 Å². The van der Waals surface area contributed by atoms with Gasteiger partial charge in [-0.25, -0.2) is 14.8 Å². The molecule has 2 rings (SSSR count). The number of aryl methyl sites for hydroxylation is 2. The Labute approximate surface area is 115 Å². The number of carbonyl (C=O) groups is 1.